The van der Waals surface area contributed by atoms with Gasteiger partial charge in [-0.25, -0.2) is 4.79 Å². The SMILES string of the molecule is C=C(C(=O)OCC)c1cccc(Cl)c1N. The van der Waals surface area contributed by atoms with Crippen LogP contribution in [0.3, 0.4) is 0 Å². The molecule has 3 nitrogen and oxygen atoms in total. The van der Waals surface area contributed by atoms with Crippen molar-refractivity contribution in [1.29, 1.82) is 0 Å². The molecule has 1 aromatic carbocycles. The summed E-state index contributed by atoms with van der Waals surface area (Å²) in [4.78, 5) is 11.4. The number of hydrogen-bond acceptors (Lipinski definition) is 3. The van der Waals surface area contributed by atoms with Crippen molar-refractivity contribution >= 4 is 28.8 Å². The van der Waals surface area contributed by atoms with Gasteiger partial charge in [0, 0.05) is 5.56 Å². The van der Waals surface area contributed by atoms with Crippen LogP contribution in [-0.4, -0.2) is 12.6 Å². The van der Waals surface area contributed by atoms with Crippen LogP contribution in [0, 0.1) is 0 Å². The van der Waals surface area contributed by atoms with Gasteiger partial charge in [0.15, 0.2) is 0 Å². The van der Waals surface area contributed by atoms with Crippen LogP contribution < -0.4 is 5.73 Å². The minimum Gasteiger partial charge on any atom is -0.462 e. The van der Waals surface area contributed by atoms with E-state index in [1.165, 1.54) is 0 Å². The molecule has 0 saturated heterocycles. The van der Waals surface area contributed by atoms with E-state index in [0.29, 0.717) is 22.9 Å². The molecule has 0 fully saturated rings. The fourth-order valence-corrected chi connectivity index (χ4v) is 1.30. The Balaban J connectivity index is 3.01. The Bertz CT molecular complexity index is 402. The van der Waals surface area contributed by atoms with Crippen molar-refractivity contribution < 1.29 is 9.53 Å². The highest BCUT2D eigenvalue weighted by Gasteiger charge is 2.14. The van der Waals surface area contributed by atoms with Crippen LogP contribution in [0.25, 0.3) is 5.57 Å². The lowest BCUT2D eigenvalue weighted by atomic mass is 10.1. The standard InChI is InChI=1S/C11H12ClNO2/c1-3-15-11(14)7(2)8-5-4-6-9(12)10(8)13/h4-6H,2-3,13H2,1H3. The summed E-state index contributed by atoms with van der Waals surface area (Å²) in [6, 6.07) is 5.04. The second-order valence-electron chi connectivity index (χ2n) is 2.90. The Morgan fingerprint density at radius 1 is 1.60 bits per heavy atom. The molecule has 0 spiro atoms. The molecule has 80 valence electrons. The van der Waals surface area contributed by atoms with Gasteiger partial charge in [-0.05, 0) is 13.0 Å². The van der Waals surface area contributed by atoms with Gasteiger partial charge >= 0.3 is 5.97 Å². The Morgan fingerprint density at radius 3 is 2.87 bits per heavy atom. The molecule has 0 aromatic heterocycles. The number of nitrogens with two attached hydrogens (primary N) is 1. The molecule has 0 radical (unpaired) electrons. The molecule has 15 heavy (non-hydrogen) atoms. The first-order chi connectivity index (χ1) is 7.07. The summed E-state index contributed by atoms with van der Waals surface area (Å²) in [6.45, 7) is 5.66. The molecule has 2 N–H and O–H groups in total. The Hall–Kier alpha value is -1.48. The Labute approximate surface area is 93.5 Å². The van der Waals surface area contributed by atoms with E-state index in [-0.39, 0.29) is 5.57 Å². The van der Waals surface area contributed by atoms with Gasteiger partial charge in [0.2, 0.25) is 0 Å². The van der Waals surface area contributed by atoms with Crippen LogP contribution in [0.4, 0.5) is 5.69 Å². The first kappa shape index (κ1) is 11.6. The summed E-state index contributed by atoms with van der Waals surface area (Å²) in [5.41, 5.74) is 6.80. The molecule has 0 atom stereocenters. The molecule has 0 aliphatic carbocycles. The van der Waals surface area contributed by atoms with Gasteiger partial charge in [0.05, 0.1) is 22.9 Å². The van der Waals surface area contributed by atoms with E-state index in [1.807, 2.05) is 0 Å². The summed E-state index contributed by atoms with van der Waals surface area (Å²) in [6.07, 6.45) is 0. The Morgan fingerprint density at radius 2 is 2.27 bits per heavy atom. The molecule has 0 bridgehead atoms. The van der Waals surface area contributed by atoms with E-state index in [0.717, 1.165) is 0 Å². The van der Waals surface area contributed by atoms with Crippen LogP contribution in [0.15, 0.2) is 24.8 Å². The van der Waals surface area contributed by atoms with E-state index >= 15 is 0 Å². The highest BCUT2D eigenvalue weighted by molar-refractivity contribution is 6.34. The van der Waals surface area contributed by atoms with Crippen LogP contribution in [0.1, 0.15) is 12.5 Å². The number of rotatable bonds is 3. The number of anilines is 1. The molecule has 1 aromatic rings. The number of carbonyl (C=O) groups excluding carboxylic acids is 1. The lowest BCUT2D eigenvalue weighted by Gasteiger charge is -2.08. The third-order valence-electron chi connectivity index (χ3n) is 1.90. The summed E-state index contributed by atoms with van der Waals surface area (Å²) in [5.74, 6) is -0.480. The molecule has 0 heterocycles. The molecule has 0 amide bonds. The fourth-order valence-electron chi connectivity index (χ4n) is 1.13. The number of ether oxygens (including phenoxy) is 1. The van der Waals surface area contributed by atoms with Crippen LogP contribution in [0.5, 0.6) is 0 Å². The number of benzene rings is 1. The first-order valence-corrected chi connectivity index (χ1v) is 4.86. The quantitative estimate of drug-likeness (QED) is 0.489. The van der Waals surface area contributed by atoms with Crippen molar-refractivity contribution in [3.63, 3.8) is 0 Å². The number of halogens is 1. The Kier molecular flexibility index (Phi) is 3.74. The second-order valence-corrected chi connectivity index (χ2v) is 3.31. The van der Waals surface area contributed by atoms with Crippen molar-refractivity contribution in [2.45, 2.75) is 6.92 Å². The first-order valence-electron chi connectivity index (χ1n) is 4.48. The molecule has 0 aliphatic heterocycles. The minimum atomic E-state index is -0.480. The van der Waals surface area contributed by atoms with Gasteiger partial charge in [-0.3, -0.25) is 0 Å². The molecule has 0 aliphatic rings. The maximum absolute atomic E-state index is 11.4. The summed E-state index contributed by atoms with van der Waals surface area (Å²) in [7, 11) is 0. The van der Waals surface area contributed by atoms with Crippen LogP contribution >= 0.6 is 11.6 Å². The molecular formula is C11H12ClNO2. The number of carbonyl (C=O) groups is 1. The third-order valence-corrected chi connectivity index (χ3v) is 2.23. The number of nitrogen functional groups attached to an aromatic ring is 1. The van der Waals surface area contributed by atoms with Gasteiger partial charge in [-0.15, -0.1) is 0 Å². The fraction of sp³-hybridized carbons (Fsp3) is 0.182. The average molecular weight is 226 g/mol. The van der Waals surface area contributed by atoms with Gasteiger partial charge in [-0.2, -0.15) is 0 Å². The zero-order valence-corrected chi connectivity index (χ0v) is 9.17. The normalized spacial score (nSPS) is 9.73. The number of para-hydroxylation sites is 1. The van der Waals surface area contributed by atoms with Crippen molar-refractivity contribution in [3.05, 3.63) is 35.4 Å². The molecule has 4 heteroatoms. The third kappa shape index (κ3) is 2.50. The highest BCUT2D eigenvalue weighted by Crippen LogP contribution is 2.27. The maximum atomic E-state index is 11.4. The lowest BCUT2D eigenvalue weighted by molar-refractivity contribution is -0.136. The summed E-state index contributed by atoms with van der Waals surface area (Å²) >= 11 is 5.82. The van der Waals surface area contributed by atoms with Crippen molar-refractivity contribution in [3.8, 4) is 0 Å². The van der Waals surface area contributed by atoms with E-state index in [2.05, 4.69) is 6.58 Å². The molecular weight excluding hydrogens is 214 g/mol. The predicted molar refractivity (Wildman–Crippen MR) is 61.5 cm³/mol. The molecule has 0 saturated carbocycles. The zero-order chi connectivity index (χ0) is 11.4. The highest BCUT2D eigenvalue weighted by atomic mass is 35.5. The smallest absolute Gasteiger partial charge is 0.338 e. The van der Waals surface area contributed by atoms with Crippen molar-refractivity contribution in [1.82, 2.24) is 0 Å². The second kappa shape index (κ2) is 4.84. The van der Waals surface area contributed by atoms with E-state index in [1.54, 1.807) is 25.1 Å². The van der Waals surface area contributed by atoms with E-state index in [4.69, 9.17) is 22.1 Å². The van der Waals surface area contributed by atoms with Gasteiger partial charge in [0.25, 0.3) is 0 Å². The largest absolute Gasteiger partial charge is 0.462 e. The van der Waals surface area contributed by atoms with Crippen LogP contribution in [-0.2, 0) is 9.53 Å². The minimum absolute atomic E-state index is 0.219. The molecule has 0 unspecified atom stereocenters. The van der Waals surface area contributed by atoms with Gasteiger partial charge < -0.3 is 10.5 Å². The number of esters is 1. The van der Waals surface area contributed by atoms with Crippen LogP contribution in [0.2, 0.25) is 5.02 Å². The van der Waals surface area contributed by atoms with Gasteiger partial charge in [-0.1, -0.05) is 30.3 Å². The van der Waals surface area contributed by atoms with E-state index < -0.39 is 5.97 Å². The lowest BCUT2D eigenvalue weighted by Crippen LogP contribution is -2.07. The summed E-state index contributed by atoms with van der Waals surface area (Å²) < 4.78 is 4.82. The number of hydrogen-bond donors (Lipinski definition) is 1. The van der Waals surface area contributed by atoms with Crippen molar-refractivity contribution in [2.75, 3.05) is 12.3 Å². The topological polar surface area (TPSA) is 52.3 Å². The average Bonchev–Trinajstić information content (AvgIpc) is 2.21. The van der Waals surface area contributed by atoms with E-state index in [9.17, 15) is 4.79 Å². The maximum Gasteiger partial charge on any atom is 0.338 e. The summed E-state index contributed by atoms with van der Waals surface area (Å²) in [5, 5.41) is 0.401. The van der Waals surface area contributed by atoms with Crippen molar-refractivity contribution in [2.24, 2.45) is 0 Å². The predicted octanol–water partition coefficient (Wildman–Crippen LogP) is 2.50. The monoisotopic (exact) mass is 225 g/mol. The molecule has 1 rings (SSSR count). The zero-order valence-electron chi connectivity index (χ0n) is 8.42. The van der Waals surface area contributed by atoms with Gasteiger partial charge in [0.1, 0.15) is 0 Å².